The normalized spacial score (nSPS) is 14.5. The molecule has 90 valence electrons. The summed E-state index contributed by atoms with van der Waals surface area (Å²) in [5.74, 6) is 1.33. The first-order valence-electron chi connectivity index (χ1n) is 5.94. The van der Waals surface area contributed by atoms with E-state index in [1.165, 1.54) is 0 Å². The van der Waals surface area contributed by atoms with Crippen molar-refractivity contribution in [3.05, 3.63) is 18.1 Å². The maximum absolute atomic E-state index is 5.63. The number of nitrogens with one attached hydrogen (secondary N) is 1. The molecule has 0 fully saturated rings. The Morgan fingerprint density at radius 2 is 2.12 bits per heavy atom. The van der Waals surface area contributed by atoms with Crippen molar-refractivity contribution in [2.75, 3.05) is 11.9 Å². The van der Waals surface area contributed by atoms with Gasteiger partial charge >= 0.3 is 0 Å². The lowest BCUT2D eigenvalue weighted by Crippen LogP contribution is -2.29. The molecule has 0 radical (unpaired) electrons. The molecule has 0 aliphatic heterocycles. The van der Waals surface area contributed by atoms with Gasteiger partial charge in [0.2, 0.25) is 0 Å². The molecule has 0 aliphatic carbocycles. The number of rotatable bonds is 6. The zero-order chi connectivity index (χ0) is 12.0. The summed E-state index contributed by atoms with van der Waals surface area (Å²) in [5.41, 5.74) is 6.72. The third kappa shape index (κ3) is 3.77. The Labute approximate surface area is 97.7 Å². The minimum absolute atomic E-state index is 0.328. The van der Waals surface area contributed by atoms with E-state index in [-0.39, 0.29) is 0 Å². The van der Waals surface area contributed by atoms with Crippen molar-refractivity contribution in [1.82, 2.24) is 9.97 Å². The molecular formula is C12H22N4. The number of aryl methyl sites for hydroxylation is 1. The summed E-state index contributed by atoms with van der Waals surface area (Å²) in [6.07, 6.45) is 3.72. The van der Waals surface area contributed by atoms with Crippen LogP contribution in [0.3, 0.4) is 0 Å². The van der Waals surface area contributed by atoms with Crippen LogP contribution in [-0.4, -0.2) is 22.6 Å². The van der Waals surface area contributed by atoms with E-state index in [1.54, 1.807) is 6.33 Å². The summed E-state index contributed by atoms with van der Waals surface area (Å²) in [5, 5.41) is 3.36. The molecule has 1 rings (SSSR count). The zero-order valence-electron chi connectivity index (χ0n) is 10.4. The molecule has 1 heterocycles. The quantitative estimate of drug-likeness (QED) is 0.770. The highest BCUT2D eigenvalue weighted by atomic mass is 15.0. The Balaban J connectivity index is 2.62. The van der Waals surface area contributed by atoms with Crippen LogP contribution in [0.1, 0.15) is 32.9 Å². The minimum atomic E-state index is 0.328. The van der Waals surface area contributed by atoms with Crippen LogP contribution >= 0.6 is 0 Å². The number of hydrogen-bond acceptors (Lipinski definition) is 4. The number of anilines is 1. The van der Waals surface area contributed by atoms with Gasteiger partial charge in [-0.2, -0.15) is 0 Å². The average Bonchev–Trinajstić information content (AvgIpc) is 2.29. The number of hydrogen-bond donors (Lipinski definition) is 2. The minimum Gasteiger partial charge on any atom is -0.367 e. The standard InChI is InChI=1S/C12H22N4/c1-4-5-11-6-12(15-8-14-11)16-10(3)9(2)7-13/h6,8-10H,4-5,7,13H2,1-3H3,(H,14,15,16). The molecular weight excluding hydrogens is 200 g/mol. The van der Waals surface area contributed by atoms with Crippen LogP contribution < -0.4 is 11.1 Å². The Morgan fingerprint density at radius 3 is 2.75 bits per heavy atom. The van der Waals surface area contributed by atoms with Gasteiger partial charge < -0.3 is 11.1 Å². The molecule has 2 unspecified atom stereocenters. The van der Waals surface area contributed by atoms with E-state index in [1.807, 2.05) is 6.07 Å². The molecule has 16 heavy (non-hydrogen) atoms. The van der Waals surface area contributed by atoms with Crippen LogP contribution in [0, 0.1) is 5.92 Å². The average molecular weight is 222 g/mol. The Bertz CT molecular complexity index is 314. The summed E-state index contributed by atoms with van der Waals surface area (Å²) in [7, 11) is 0. The van der Waals surface area contributed by atoms with E-state index in [4.69, 9.17) is 5.73 Å². The summed E-state index contributed by atoms with van der Waals surface area (Å²) in [4.78, 5) is 8.44. The van der Waals surface area contributed by atoms with E-state index in [0.29, 0.717) is 18.5 Å². The molecule has 1 aromatic heterocycles. The monoisotopic (exact) mass is 222 g/mol. The second kappa shape index (κ2) is 6.43. The molecule has 4 heteroatoms. The van der Waals surface area contributed by atoms with E-state index in [0.717, 1.165) is 24.4 Å². The molecule has 4 nitrogen and oxygen atoms in total. The van der Waals surface area contributed by atoms with Crippen molar-refractivity contribution in [3.63, 3.8) is 0 Å². The summed E-state index contributed by atoms with van der Waals surface area (Å²) in [6.45, 7) is 7.08. The van der Waals surface area contributed by atoms with E-state index < -0.39 is 0 Å². The fourth-order valence-corrected chi connectivity index (χ4v) is 1.45. The first-order valence-corrected chi connectivity index (χ1v) is 5.94. The van der Waals surface area contributed by atoms with Gasteiger partial charge in [0.15, 0.2) is 0 Å². The van der Waals surface area contributed by atoms with Gasteiger partial charge in [-0.1, -0.05) is 20.3 Å². The van der Waals surface area contributed by atoms with Crippen LogP contribution in [0.5, 0.6) is 0 Å². The van der Waals surface area contributed by atoms with Gasteiger partial charge in [0.25, 0.3) is 0 Å². The zero-order valence-corrected chi connectivity index (χ0v) is 10.4. The number of nitrogens with zero attached hydrogens (tertiary/aromatic N) is 2. The van der Waals surface area contributed by atoms with Gasteiger partial charge in [0.1, 0.15) is 12.1 Å². The van der Waals surface area contributed by atoms with Crippen molar-refractivity contribution in [2.24, 2.45) is 11.7 Å². The maximum atomic E-state index is 5.63. The topological polar surface area (TPSA) is 63.8 Å². The van der Waals surface area contributed by atoms with Crippen LogP contribution in [0.15, 0.2) is 12.4 Å². The van der Waals surface area contributed by atoms with Crippen molar-refractivity contribution in [2.45, 2.75) is 39.7 Å². The Morgan fingerprint density at radius 1 is 1.38 bits per heavy atom. The molecule has 0 bridgehead atoms. The van der Waals surface area contributed by atoms with Gasteiger partial charge in [-0.15, -0.1) is 0 Å². The van der Waals surface area contributed by atoms with Crippen LogP contribution in [0.2, 0.25) is 0 Å². The smallest absolute Gasteiger partial charge is 0.129 e. The third-order valence-electron chi connectivity index (χ3n) is 2.83. The van der Waals surface area contributed by atoms with Crippen molar-refractivity contribution in [3.8, 4) is 0 Å². The highest BCUT2D eigenvalue weighted by Crippen LogP contribution is 2.10. The Kier molecular flexibility index (Phi) is 5.19. The van der Waals surface area contributed by atoms with Gasteiger partial charge in [-0.05, 0) is 25.8 Å². The first kappa shape index (κ1) is 12.9. The molecule has 2 atom stereocenters. The van der Waals surface area contributed by atoms with Gasteiger partial charge in [-0.25, -0.2) is 9.97 Å². The van der Waals surface area contributed by atoms with E-state index in [9.17, 15) is 0 Å². The summed E-state index contributed by atoms with van der Waals surface area (Å²) in [6, 6.07) is 2.35. The van der Waals surface area contributed by atoms with Gasteiger partial charge in [0.05, 0.1) is 0 Å². The maximum Gasteiger partial charge on any atom is 0.129 e. The number of nitrogens with two attached hydrogens (primary N) is 1. The highest BCUT2D eigenvalue weighted by Gasteiger charge is 2.10. The first-order chi connectivity index (χ1) is 7.67. The van der Waals surface area contributed by atoms with Crippen LogP contribution in [0.4, 0.5) is 5.82 Å². The van der Waals surface area contributed by atoms with Crippen molar-refractivity contribution in [1.29, 1.82) is 0 Å². The lowest BCUT2D eigenvalue weighted by Gasteiger charge is -2.20. The number of aromatic nitrogens is 2. The molecule has 0 aliphatic rings. The fraction of sp³-hybridized carbons (Fsp3) is 0.667. The molecule has 0 saturated carbocycles. The summed E-state index contributed by atoms with van der Waals surface area (Å²) >= 11 is 0. The van der Waals surface area contributed by atoms with Crippen LogP contribution in [-0.2, 0) is 6.42 Å². The van der Waals surface area contributed by atoms with E-state index in [2.05, 4.69) is 36.1 Å². The third-order valence-corrected chi connectivity index (χ3v) is 2.83. The summed E-state index contributed by atoms with van der Waals surface area (Å²) < 4.78 is 0. The molecule has 0 saturated heterocycles. The second-order valence-electron chi connectivity index (χ2n) is 4.29. The lowest BCUT2D eigenvalue weighted by molar-refractivity contribution is 0.520. The fourth-order valence-electron chi connectivity index (χ4n) is 1.45. The molecule has 3 N–H and O–H groups in total. The largest absolute Gasteiger partial charge is 0.367 e. The predicted octanol–water partition coefficient (Wildman–Crippen LogP) is 1.82. The van der Waals surface area contributed by atoms with Crippen molar-refractivity contribution >= 4 is 5.82 Å². The Hall–Kier alpha value is -1.16. The molecule has 0 spiro atoms. The molecule has 1 aromatic rings. The SMILES string of the molecule is CCCc1cc(NC(C)C(C)CN)ncn1. The molecule has 0 aromatic carbocycles. The van der Waals surface area contributed by atoms with E-state index >= 15 is 0 Å². The second-order valence-corrected chi connectivity index (χ2v) is 4.29. The lowest BCUT2D eigenvalue weighted by atomic mass is 10.0. The van der Waals surface area contributed by atoms with Gasteiger partial charge in [-0.3, -0.25) is 0 Å². The predicted molar refractivity (Wildman–Crippen MR) is 67.3 cm³/mol. The van der Waals surface area contributed by atoms with Gasteiger partial charge in [0, 0.05) is 17.8 Å². The highest BCUT2D eigenvalue weighted by molar-refractivity contribution is 5.36. The van der Waals surface area contributed by atoms with Crippen molar-refractivity contribution < 1.29 is 0 Å². The molecule has 0 amide bonds. The van der Waals surface area contributed by atoms with Crippen LogP contribution in [0.25, 0.3) is 0 Å².